The molecule has 1 rings (SSSR count). The van der Waals surface area contributed by atoms with E-state index >= 15 is 0 Å². The number of hydrogen-bond acceptors (Lipinski definition) is 4. The second-order valence-electron chi connectivity index (χ2n) is 7.61. The summed E-state index contributed by atoms with van der Waals surface area (Å²) in [7, 11) is 1.78. The molecule has 5 heteroatoms. The topological polar surface area (TPSA) is 59.6 Å². The van der Waals surface area contributed by atoms with E-state index in [-0.39, 0.29) is 11.6 Å². The molecule has 21 heavy (non-hydrogen) atoms. The minimum absolute atomic E-state index is 0.345. The van der Waals surface area contributed by atoms with Gasteiger partial charge in [-0.05, 0) is 60.3 Å². The van der Waals surface area contributed by atoms with Crippen LogP contribution in [-0.2, 0) is 9.47 Å². The fourth-order valence-electron chi connectivity index (χ4n) is 2.57. The molecule has 124 valence electrons. The predicted molar refractivity (Wildman–Crippen MR) is 84.5 cm³/mol. The number of hydrogen-bond donors (Lipinski definition) is 2. The predicted octanol–water partition coefficient (Wildman–Crippen LogP) is 2.84. The van der Waals surface area contributed by atoms with Gasteiger partial charge >= 0.3 is 6.09 Å². The van der Waals surface area contributed by atoms with Crippen LogP contribution in [0.2, 0.25) is 0 Å². The fourth-order valence-corrected chi connectivity index (χ4v) is 2.57. The Morgan fingerprint density at radius 2 is 1.86 bits per heavy atom. The van der Waals surface area contributed by atoms with Gasteiger partial charge in [0, 0.05) is 19.7 Å². The van der Waals surface area contributed by atoms with Crippen molar-refractivity contribution >= 4 is 6.09 Å². The molecule has 0 aromatic heterocycles. The summed E-state index contributed by atoms with van der Waals surface area (Å²) in [5.41, 5.74) is -0.814. The number of alkyl carbamates (subject to hydrolysis) is 1. The summed E-state index contributed by atoms with van der Waals surface area (Å²) in [4.78, 5) is 11.8. The number of methoxy groups -OCH3 is 1. The van der Waals surface area contributed by atoms with E-state index in [0.29, 0.717) is 18.7 Å². The van der Waals surface area contributed by atoms with Gasteiger partial charge in [-0.15, -0.1) is 0 Å². The number of nitrogens with one attached hydrogen (secondary N) is 2. The molecule has 0 heterocycles. The van der Waals surface area contributed by atoms with Crippen LogP contribution in [-0.4, -0.2) is 43.0 Å². The van der Waals surface area contributed by atoms with Crippen molar-refractivity contribution < 1.29 is 14.3 Å². The van der Waals surface area contributed by atoms with E-state index in [1.807, 2.05) is 34.6 Å². The summed E-state index contributed by atoms with van der Waals surface area (Å²) >= 11 is 0. The second kappa shape index (κ2) is 7.45. The SMILES string of the molecule is COC1CCCC(NCC(C)(C)NC(=O)OC(C)(C)C)C1. The average molecular weight is 300 g/mol. The normalized spacial score (nSPS) is 23.7. The number of carbonyl (C=O) groups excluding carboxylic acids is 1. The number of amides is 1. The number of carbonyl (C=O) groups is 1. The zero-order chi connectivity index (χ0) is 16.1. The van der Waals surface area contributed by atoms with Gasteiger partial charge in [-0.2, -0.15) is 0 Å². The molecular formula is C16H32N2O3. The maximum Gasteiger partial charge on any atom is 0.408 e. The van der Waals surface area contributed by atoms with Crippen LogP contribution >= 0.6 is 0 Å². The van der Waals surface area contributed by atoms with E-state index in [0.717, 1.165) is 12.8 Å². The molecule has 0 bridgehead atoms. The lowest BCUT2D eigenvalue weighted by Crippen LogP contribution is -2.53. The lowest BCUT2D eigenvalue weighted by atomic mass is 9.92. The third kappa shape index (κ3) is 7.67. The van der Waals surface area contributed by atoms with Crippen LogP contribution in [0.1, 0.15) is 60.3 Å². The molecule has 5 nitrogen and oxygen atoms in total. The third-order valence-electron chi connectivity index (χ3n) is 3.63. The van der Waals surface area contributed by atoms with Crippen LogP contribution < -0.4 is 10.6 Å². The Morgan fingerprint density at radius 3 is 2.43 bits per heavy atom. The Balaban J connectivity index is 2.36. The van der Waals surface area contributed by atoms with Crippen molar-refractivity contribution in [1.82, 2.24) is 10.6 Å². The molecule has 0 saturated heterocycles. The maximum absolute atomic E-state index is 11.8. The van der Waals surface area contributed by atoms with Gasteiger partial charge in [0.1, 0.15) is 5.60 Å². The molecule has 2 N–H and O–H groups in total. The first-order chi connectivity index (χ1) is 9.61. The van der Waals surface area contributed by atoms with Crippen LogP contribution in [0.3, 0.4) is 0 Å². The fraction of sp³-hybridized carbons (Fsp3) is 0.938. The third-order valence-corrected chi connectivity index (χ3v) is 3.63. The van der Waals surface area contributed by atoms with E-state index in [2.05, 4.69) is 10.6 Å². The molecule has 0 radical (unpaired) electrons. The van der Waals surface area contributed by atoms with E-state index in [4.69, 9.17) is 9.47 Å². The summed E-state index contributed by atoms with van der Waals surface area (Å²) in [6.45, 7) is 10.3. The van der Waals surface area contributed by atoms with Gasteiger partial charge in [0.25, 0.3) is 0 Å². The minimum atomic E-state index is -0.470. The lowest BCUT2D eigenvalue weighted by molar-refractivity contribution is 0.0451. The van der Waals surface area contributed by atoms with Gasteiger partial charge in [0.05, 0.1) is 11.6 Å². The Bertz CT molecular complexity index is 337. The van der Waals surface area contributed by atoms with Crippen molar-refractivity contribution in [2.45, 2.75) is 83.6 Å². The van der Waals surface area contributed by atoms with Gasteiger partial charge in [0.15, 0.2) is 0 Å². The van der Waals surface area contributed by atoms with Crippen molar-refractivity contribution in [3.63, 3.8) is 0 Å². The van der Waals surface area contributed by atoms with E-state index in [1.165, 1.54) is 12.8 Å². The highest BCUT2D eigenvalue weighted by Crippen LogP contribution is 2.21. The molecule has 2 atom stereocenters. The maximum atomic E-state index is 11.8. The van der Waals surface area contributed by atoms with Gasteiger partial charge < -0.3 is 20.1 Å². The van der Waals surface area contributed by atoms with Crippen LogP contribution in [0.5, 0.6) is 0 Å². The highest BCUT2D eigenvalue weighted by molar-refractivity contribution is 5.68. The molecular weight excluding hydrogens is 268 g/mol. The molecule has 1 aliphatic rings. The average Bonchev–Trinajstić information content (AvgIpc) is 2.33. The molecule has 1 saturated carbocycles. The van der Waals surface area contributed by atoms with Gasteiger partial charge in [-0.3, -0.25) is 0 Å². The van der Waals surface area contributed by atoms with E-state index in [9.17, 15) is 4.79 Å². The van der Waals surface area contributed by atoms with Gasteiger partial charge in [0.2, 0.25) is 0 Å². The first kappa shape index (κ1) is 18.2. The van der Waals surface area contributed by atoms with Crippen molar-refractivity contribution in [2.24, 2.45) is 0 Å². The minimum Gasteiger partial charge on any atom is -0.444 e. The zero-order valence-electron chi connectivity index (χ0n) is 14.4. The summed E-state index contributed by atoms with van der Waals surface area (Å²) in [6.07, 6.45) is 4.54. The molecule has 0 aromatic carbocycles. The van der Waals surface area contributed by atoms with E-state index in [1.54, 1.807) is 7.11 Å². The molecule has 1 fully saturated rings. The van der Waals surface area contributed by atoms with Gasteiger partial charge in [-0.25, -0.2) is 4.79 Å². The first-order valence-corrected chi connectivity index (χ1v) is 7.89. The zero-order valence-corrected chi connectivity index (χ0v) is 14.4. The van der Waals surface area contributed by atoms with Crippen molar-refractivity contribution in [2.75, 3.05) is 13.7 Å². The summed E-state index contributed by atoms with van der Waals surface area (Å²) in [5.74, 6) is 0. The quantitative estimate of drug-likeness (QED) is 0.819. The van der Waals surface area contributed by atoms with Crippen LogP contribution in [0.4, 0.5) is 4.79 Å². The Hall–Kier alpha value is -0.810. The van der Waals surface area contributed by atoms with Crippen LogP contribution in [0, 0.1) is 0 Å². The van der Waals surface area contributed by atoms with Crippen molar-refractivity contribution in [3.8, 4) is 0 Å². The largest absolute Gasteiger partial charge is 0.444 e. The van der Waals surface area contributed by atoms with E-state index < -0.39 is 5.60 Å². The van der Waals surface area contributed by atoms with Crippen molar-refractivity contribution in [1.29, 1.82) is 0 Å². The Labute approximate surface area is 129 Å². The second-order valence-corrected chi connectivity index (χ2v) is 7.61. The van der Waals surface area contributed by atoms with Crippen molar-refractivity contribution in [3.05, 3.63) is 0 Å². The monoisotopic (exact) mass is 300 g/mol. The van der Waals surface area contributed by atoms with Crippen LogP contribution in [0.15, 0.2) is 0 Å². The van der Waals surface area contributed by atoms with Gasteiger partial charge in [-0.1, -0.05) is 0 Å². The number of rotatable bonds is 5. The summed E-state index contributed by atoms with van der Waals surface area (Å²) < 4.78 is 10.7. The molecule has 0 aromatic rings. The highest BCUT2D eigenvalue weighted by Gasteiger charge is 2.27. The summed E-state index contributed by atoms with van der Waals surface area (Å²) in [5, 5.41) is 6.47. The molecule has 1 amide bonds. The first-order valence-electron chi connectivity index (χ1n) is 7.89. The molecule has 2 unspecified atom stereocenters. The smallest absolute Gasteiger partial charge is 0.408 e. The Kier molecular flexibility index (Phi) is 6.47. The molecule has 0 spiro atoms. The number of ether oxygens (including phenoxy) is 2. The highest BCUT2D eigenvalue weighted by atomic mass is 16.6. The van der Waals surface area contributed by atoms with Crippen LogP contribution in [0.25, 0.3) is 0 Å². The molecule has 1 aliphatic carbocycles. The summed E-state index contributed by atoms with van der Waals surface area (Å²) in [6, 6.07) is 0.461. The molecule has 0 aliphatic heterocycles. The lowest BCUT2D eigenvalue weighted by Gasteiger charge is -2.33. The standard InChI is InChI=1S/C16H32N2O3/c1-15(2,3)21-14(19)18-16(4,5)11-17-12-8-7-9-13(10-12)20-6/h12-13,17H,7-11H2,1-6H3,(H,18,19). The Morgan fingerprint density at radius 1 is 1.19 bits per heavy atom.